The molecule has 0 bridgehead atoms. The molecule has 0 amide bonds. The van der Waals surface area contributed by atoms with E-state index in [9.17, 15) is 4.79 Å². The van der Waals surface area contributed by atoms with Crippen molar-refractivity contribution in [2.75, 3.05) is 12.3 Å². The van der Waals surface area contributed by atoms with E-state index in [2.05, 4.69) is 4.98 Å². The lowest BCUT2D eigenvalue weighted by molar-refractivity contribution is 0.0521. The average Bonchev–Trinajstić information content (AvgIpc) is 2.65. The summed E-state index contributed by atoms with van der Waals surface area (Å²) in [6.45, 7) is 5.00. The molecule has 0 radical (unpaired) electrons. The summed E-state index contributed by atoms with van der Waals surface area (Å²) in [7, 11) is 0. The van der Waals surface area contributed by atoms with Crippen molar-refractivity contribution in [3.8, 4) is 0 Å². The maximum atomic E-state index is 11.8. The van der Waals surface area contributed by atoms with Gasteiger partial charge < -0.3 is 15.0 Å². The summed E-state index contributed by atoms with van der Waals surface area (Å²) in [5, 5.41) is 0. The molecular formula is C14H23N3O2. The number of anilines is 1. The molecule has 2 rings (SSSR count). The van der Waals surface area contributed by atoms with Crippen molar-refractivity contribution in [3.63, 3.8) is 0 Å². The Kier molecular flexibility index (Phi) is 4.45. The number of hydrogen-bond acceptors (Lipinski definition) is 4. The fraction of sp³-hybridized carbons (Fsp3) is 0.714. The lowest BCUT2D eigenvalue weighted by atomic mass is 9.83. The summed E-state index contributed by atoms with van der Waals surface area (Å²) in [5.41, 5.74) is 6.33. The van der Waals surface area contributed by atoms with Gasteiger partial charge in [0, 0.05) is 13.0 Å². The normalized spacial score (nSPS) is 15.3. The second-order valence-electron chi connectivity index (χ2n) is 5.07. The number of hydrogen-bond donors (Lipinski definition) is 1. The summed E-state index contributed by atoms with van der Waals surface area (Å²) < 4.78 is 6.96. The molecule has 1 fully saturated rings. The van der Waals surface area contributed by atoms with Crippen LogP contribution in [-0.2, 0) is 17.7 Å². The molecule has 1 heterocycles. The van der Waals surface area contributed by atoms with Crippen LogP contribution in [0.4, 0.5) is 5.82 Å². The smallest absolute Gasteiger partial charge is 0.360 e. The highest BCUT2D eigenvalue weighted by molar-refractivity contribution is 5.92. The number of imidazole rings is 1. The summed E-state index contributed by atoms with van der Waals surface area (Å²) in [6.07, 6.45) is 5.88. The van der Waals surface area contributed by atoms with E-state index in [0.717, 1.165) is 31.1 Å². The molecule has 106 valence electrons. The number of rotatable bonds is 6. The van der Waals surface area contributed by atoms with Gasteiger partial charge in [0.15, 0.2) is 5.69 Å². The standard InChI is InChI=1S/C14H23N3O2/c1-3-11-16-12(14(18)19-4-2)13(15)17(11)9-8-10-6-5-7-10/h10H,3-9,15H2,1-2H3. The SMILES string of the molecule is CCOC(=O)c1nc(CC)n(CCC2CCC2)c1N. The number of aromatic nitrogens is 2. The molecule has 1 saturated carbocycles. The zero-order valence-corrected chi connectivity index (χ0v) is 11.8. The highest BCUT2D eigenvalue weighted by Gasteiger charge is 2.22. The fourth-order valence-corrected chi connectivity index (χ4v) is 2.48. The molecule has 0 atom stereocenters. The van der Waals surface area contributed by atoms with Crippen LogP contribution in [0.25, 0.3) is 0 Å². The van der Waals surface area contributed by atoms with Gasteiger partial charge in [-0.25, -0.2) is 9.78 Å². The number of carbonyl (C=O) groups is 1. The van der Waals surface area contributed by atoms with Crippen LogP contribution in [-0.4, -0.2) is 22.1 Å². The molecule has 19 heavy (non-hydrogen) atoms. The van der Waals surface area contributed by atoms with Crippen LogP contribution < -0.4 is 5.73 Å². The lowest BCUT2D eigenvalue weighted by Gasteiger charge is -2.25. The monoisotopic (exact) mass is 265 g/mol. The van der Waals surface area contributed by atoms with E-state index >= 15 is 0 Å². The Bertz CT molecular complexity index is 450. The van der Waals surface area contributed by atoms with Gasteiger partial charge in [0.1, 0.15) is 11.6 Å². The van der Waals surface area contributed by atoms with Crippen molar-refractivity contribution in [3.05, 3.63) is 11.5 Å². The minimum Gasteiger partial charge on any atom is -0.461 e. The predicted octanol–water partition coefficient (Wildman–Crippen LogP) is 2.39. The zero-order valence-electron chi connectivity index (χ0n) is 11.8. The molecule has 0 aliphatic heterocycles. The van der Waals surface area contributed by atoms with Gasteiger partial charge >= 0.3 is 5.97 Å². The van der Waals surface area contributed by atoms with Gasteiger partial charge in [-0.3, -0.25) is 0 Å². The molecule has 0 spiro atoms. The summed E-state index contributed by atoms with van der Waals surface area (Å²) in [4.78, 5) is 16.1. The van der Waals surface area contributed by atoms with Crippen LogP contribution in [0.5, 0.6) is 0 Å². The topological polar surface area (TPSA) is 70.1 Å². The third-order valence-corrected chi connectivity index (χ3v) is 3.86. The number of aryl methyl sites for hydroxylation is 1. The first-order valence-corrected chi connectivity index (χ1v) is 7.19. The predicted molar refractivity (Wildman–Crippen MR) is 73.9 cm³/mol. The molecule has 2 N–H and O–H groups in total. The van der Waals surface area contributed by atoms with Gasteiger partial charge in [0.05, 0.1) is 6.61 Å². The second-order valence-corrected chi connectivity index (χ2v) is 5.07. The minimum absolute atomic E-state index is 0.271. The Balaban J connectivity index is 2.13. The van der Waals surface area contributed by atoms with E-state index in [-0.39, 0.29) is 5.69 Å². The molecule has 1 aliphatic carbocycles. The Morgan fingerprint density at radius 2 is 2.21 bits per heavy atom. The number of nitrogens with zero attached hydrogens (tertiary/aromatic N) is 2. The maximum Gasteiger partial charge on any atom is 0.360 e. The molecule has 1 aromatic rings. The molecule has 5 heteroatoms. The Labute approximate surface area is 114 Å². The van der Waals surface area contributed by atoms with Crippen LogP contribution in [0.15, 0.2) is 0 Å². The van der Waals surface area contributed by atoms with Gasteiger partial charge in [-0.05, 0) is 19.3 Å². The van der Waals surface area contributed by atoms with E-state index in [4.69, 9.17) is 10.5 Å². The number of nitrogen functional groups attached to an aromatic ring is 1. The van der Waals surface area contributed by atoms with Crippen LogP contribution in [0.1, 0.15) is 55.8 Å². The summed E-state index contributed by atoms with van der Waals surface area (Å²) in [6, 6.07) is 0. The van der Waals surface area contributed by atoms with E-state index < -0.39 is 5.97 Å². The molecule has 1 aliphatic rings. The summed E-state index contributed by atoms with van der Waals surface area (Å²) >= 11 is 0. The van der Waals surface area contributed by atoms with Crippen molar-refractivity contribution in [1.29, 1.82) is 0 Å². The first kappa shape index (κ1) is 13.9. The number of esters is 1. The van der Waals surface area contributed by atoms with Gasteiger partial charge in [0.25, 0.3) is 0 Å². The van der Waals surface area contributed by atoms with Crippen molar-refractivity contribution in [2.45, 2.75) is 52.5 Å². The van der Waals surface area contributed by atoms with Crippen molar-refractivity contribution < 1.29 is 9.53 Å². The average molecular weight is 265 g/mol. The van der Waals surface area contributed by atoms with Gasteiger partial charge in [-0.1, -0.05) is 26.2 Å². The first-order valence-electron chi connectivity index (χ1n) is 7.19. The highest BCUT2D eigenvalue weighted by Crippen LogP contribution is 2.30. The van der Waals surface area contributed by atoms with E-state index in [1.54, 1.807) is 6.92 Å². The fourth-order valence-electron chi connectivity index (χ4n) is 2.48. The zero-order chi connectivity index (χ0) is 13.8. The van der Waals surface area contributed by atoms with E-state index in [1.165, 1.54) is 19.3 Å². The van der Waals surface area contributed by atoms with Crippen LogP contribution in [0.2, 0.25) is 0 Å². The number of carbonyl (C=O) groups excluding carboxylic acids is 1. The van der Waals surface area contributed by atoms with Crippen LogP contribution >= 0.6 is 0 Å². The number of nitrogens with two attached hydrogens (primary N) is 1. The molecule has 0 unspecified atom stereocenters. The van der Waals surface area contributed by atoms with Gasteiger partial charge in [0.2, 0.25) is 0 Å². The van der Waals surface area contributed by atoms with Crippen molar-refractivity contribution in [1.82, 2.24) is 9.55 Å². The second kappa shape index (κ2) is 6.08. The molecule has 0 aromatic carbocycles. The lowest BCUT2D eigenvalue weighted by Crippen LogP contribution is -2.16. The molecule has 1 aromatic heterocycles. The Hall–Kier alpha value is -1.52. The van der Waals surface area contributed by atoms with E-state index in [0.29, 0.717) is 12.4 Å². The van der Waals surface area contributed by atoms with E-state index in [1.807, 2.05) is 11.5 Å². The molecular weight excluding hydrogens is 242 g/mol. The third-order valence-electron chi connectivity index (χ3n) is 3.86. The first-order chi connectivity index (χ1) is 9.17. The van der Waals surface area contributed by atoms with Gasteiger partial charge in [-0.2, -0.15) is 0 Å². The van der Waals surface area contributed by atoms with Crippen molar-refractivity contribution >= 4 is 11.8 Å². The number of ether oxygens (including phenoxy) is 1. The summed E-state index contributed by atoms with van der Waals surface area (Å²) in [5.74, 6) is 1.73. The molecule has 0 saturated heterocycles. The van der Waals surface area contributed by atoms with Gasteiger partial charge in [-0.15, -0.1) is 0 Å². The highest BCUT2D eigenvalue weighted by atomic mass is 16.5. The van der Waals surface area contributed by atoms with Crippen molar-refractivity contribution in [2.24, 2.45) is 5.92 Å². The largest absolute Gasteiger partial charge is 0.461 e. The third kappa shape index (κ3) is 2.91. The Morgan fingerprint density at radius 3 is 2.74 bits per heavy atom. The van der Waals surface area contributed by atoms with Crippen LogP contribution in [0.3, 0.4) is 0 Å². The molecule has 5 nitrogen and oxygen atoms in total. The minimum atomic E-state index is -0.419. The quantitative estimate of drug-likeness (QED) is 0.802. The maximum absolute atomic E-state index is 11.8. The van der Waals surface area contributed by atoms with Crippen LogP contribution in [0, 0.1) is 5.92 Å². The Morgan fingerprint density at radius 1 is 1.47 bits per heavy atom.